The first-order valence-electron chi connectivity index (χ1n) is 10.4. The number of carbonyl (C=O) groups excluding carboxylic acids is 1. The van der Waals surface area contributed by atoms with Crippen LogP contribution in [0.4, 0.5) is 5.69 Å². The number of amides is 1. The van der Waals surface area contributed by atoms with Gasteiger partial charge in [-0.3, -0.25) is 9.69 Å². The number of rotatable bonds is 9. The standard InChI is InChI=1S/C23H31ClN4O2/c1-27-12-14-28(15-13-27)17-21(18-6-4-3-5-7-18)26-23(29)10-11-25-20-16-19(24)8-9-22(20)30-2/h3-9,16,21,25H,10-15,17H2,1-2H3,(H,26,29). The van der Waals surface area contributed by atoms with E-state index >= 15 is 0 Å². The summed E-state index contributed by atoms with van der Waals surface area (Å²) in [7, 11) is 3.76. The first-order chi connectivity index (χ1) is 14.5. The Kier molecular flexibility index (Phi) is 8.37. The molecule has 1 heterocycles. The second kappa shape index (κ2) is 11.2. The maximum atomic E-state index is 12.7. The molecular formula is C23H31ClN4O2. The summed E-state index contributed by atoms with van der Waals surface area (Å²) in [5.41, 5.74) is 1.92. The van der Waals surface area contributed by atoms with Crippen LogP contribution in [0.1, 0.15) is 18.0 Å². The van der Waals surface area contributed by atoms with Gasteiger partial charge >= 0.3 is 0 Å². The number of nitrogens with one attached hydrogen (secondary N) is 2. The van der Waals surface area contributed by atoms with Crippen molar-refractivity contribution in [2.75, 3.05) is 58.7 Å². The maximum absolute atomic E-state index is 12.7. The van der Waals surface area contributed by atoms with Crippen LogP contribution in [-0.2, 0) is 4.79 Å². The molecule has 30 heavy (non-hydrogen) atoms. The fraction of sp³-hybridized carbons (Fsp3) is 0.435. The van der Waals surface area contributed by atoms with Crippen LogP contribution in [0.2, 0.25) is 5.02 Å². The third-order valence-corrected chi connectivity index (χ3v) is 5.64. The third-order valence-electron chi connectivity index (χ3n) is 5.40. The summed E-state index contributed by atoms with van der Waals surface area (Å²) in [4.78, 5) is 17.5. The molecule has 2 aromatic carbocycles. The highest BCUT2D eigenvalue weighted by atomic mass is 35.5. The summed E-state index contributed by atoms with van der Waals surface area (Å²) in [6.45, 7) is 5.47. The van der Waals surface area contributed by atoms with Crippen LogP contribution in [0.3, 0.4) is 0 Å². The minimum atomic E-state index is -0.0252. The van der Waals surface area contributed by atoms with Crippen molar-refractivity contribution in [3.05, 3.63) is 59.1 Å². The van der Waals surface area contributed by atoms with Crippen molar-refractivity contribution >= 4 is 23.2 Å². The zero-order valence-corrected chi connectivity index (χ0v) is 18.5. The van der Waals surface area contributed by atoms with Crippen LogP contribution in [0.5, 0.6) is 5.75 Å². The van der Waals surface area contributed by atoms with E-state index in [9.17, 15) is 4.79 Å². The van der Waals surface area contributed by atoms with E-state index in [2.05, 4.69) is 39.6 Å². The molecule has 0 bridgehead atoms. The van der Waals surface area contributed by atoms with Gasteiger partial charge in [0.05, 0.1) is 18.8 Å². The maximum Gasteiger partial charge on any atom is 0.222 e. The average molecular weight is 431 g/mol. The predicted molar refractivity (Wildman–Crippen MR) is 122 cm³/mol. The van der Waals surface area contributed by atoms with Gasteiger partial charge in [-0.25, -0.2) is 0 Å². The van der Waals surface area contributed by atoms with Crippen LogP contribution in [-0.4, -0.2) is 69.1 Å². The number of carbonyl (C=O) groups is 1. The number of benzene rings is 2. The number of hydrogen-bond acceptors (Lipinski definition) is 5. The zero-order chi connectivity index (χ0) is 21.3. The van der Waals surface area contributed by atoms with Crippen molar-refractivity contribution in [3.8, 4) is 5.75 Å². The highest BCUT2D eigenvalue weighted by Gasteiger charge is 2.21. The van der Waals surface area contributed by atoms with E-state index in [-0.39, 0.29) is 11.9 Å². The largest absolute Gasteiger partial charge is 0.495 e. The summed E-state index contributed by atoms with van der Waals surface area (Å²) in [5, 5.41) is 7.10. The minimum absolute atomic E-state index is 0.0199. The van der Waals surface area contributed by atoms with Gasteiger partial charge in [0.1, 0.15) is 5.75 Å². The fourth-order valence-electron chi connectivity index (χ4n) is 3.60. The first-order valence-corrected chi connectivity index (χ1v) is 10.8. The lowest BCUT2D eigenvalue weighted by Gasteiger charge is -2.35. The molecular weight excluding hydrogens is 400 g/mol. The number of likely N-dealkylation sites (N-methyl/N-ethyl adjacent to an activating group) is 1. The monoisotopic (exact) mass is 430 g/mol. The molecule has 1 aliphatic heterocycles. The SMILES string of the molecule is COc1ccc(Cl)cc1NCCC(=O)NC(CN1CCN(C)CC1)c1ccccc1. The number of nitrogens with zero attached hydrogens (tertiary/aromatic N) is 2. The number of hydrogen-bond donors (Lipinski definition) is 2. The molecule has 2 aromatic rings. The zero-order valence-electron chi connectivity index (χ0n) is 17.7. The summed E-state index contributed by atoms with van der Waals surface area (Å²) in [6, 6.07) is 15.6. The summed E-state index contributed by atoms with van der Waals surface area (Å²) >= 11 is 6.07. The Morgan fingerprint density at radius 1 is 1.13 bits per heavy atom. The van der Waals surface area contributed by atoms with Gasteiger partial charge in [-0.2, -0.15) is 0 Å². The lowest BCUT2D eigenvalue weighted by molar-refractivity contribution is -0.121. The highest BCUT2D eigenvalue weighted by molar-refractivity contribution is 6.30. The Hall–Kier alpha value is -2.28. The molecule has 1 saturated heterocycles. The Labute approximate surface area is 184 Å². The van der Waals surface area contributed by atoms with Gasteiger partial charge in [0, 0.05) is 50.7 Å². The first kappa shape index (κ1) is 22.4. The van der Waals surface area contributed by atoms with Crippen molar-refractivity contribution < 1.29 is 9.53 Å². The van der Waals surface area contributed by atoms with Gasteiger partial charge in [0.2, 0.25) is 5.91 Å². The van der Waals surface area contributed by atoms with Gasteiger partial charge in [-0.05, 0) is 30.8 Å². The van der Waals surface area contributed by atoms with Crippen LogP contribution in [0.25, 0.3) is 0 Å². The average Bonchev–Trinajstić information content (AvgIpc) is 2.75. The Bertz CT molecular complexity index is 810. The molecule has 3 rings (SSSR count). The van der Waals surface area contributed by atoms with E-state index in [1.54, 1.807) is 19.2 Å². The van der Waals surface area contributed by atoms with Gasteiger partial charge in [-0.15, -0.1) is 0 Å². The smallest absolute Gasteiger partial charge is 0.222 e. The molecule has 0 aromatic heterocycles. The molecule has 1 amide bonds. The molecule has 162 valence electrons. The van der Waals surface area contributed by atoms with E-state index in [1.807, 2.05) is 24.3 Å². The molecule has 0 radical (unpaired) electrons. The molecule has 0 spiro atoms. The molecule has 0 saturated carbocycles. The summed E-state index contributed by atoms with van der Waals surface area (Å²) < 4.78 is 5.34. The number of anilines is 1. The lowest BCUT2D eigenvalue weighted by Crippen LogP contribution is -2.48. The van der Waals surface area contributed by atoms with Crippen molar-refractivity contribution in [1.29, 1.82) is 0 Å². The van der Waals surface area contributed by atoms with E-state index in [4.69, 9.17) is 16.3 Å². The summed E-state index contributed by atoms with van der Waals surface area (Å²) in [6.07, 6.45) is 0.363. The number of piperazine rings is 1. The minimum Gasteiger partial charge on any atom is -0.495 e. The second-order valence-corrected chi connectivity index (χ2v) is 8.09. The van der Waals surface area contributed by atoms with E-state index < -0.39 is 0 Å². The highest BCUT2D eigenvalue weighted by Crippen LogP contribution is 2.27. The molecule has 2 N–H and O–H groups in total. The van der Waals surface area contributed by atoms with E-state index in [0.717, 1.165) is 44.0 Å². The Morgan fingerprint density at radius 2 is 1.87 bits per heavy atom. The van der Waals surface area contributed by atoms with Gasteiger partial charge in [-0.1, -0.05) is 41.9 Å². The van der Waals surface area contributed by atoms with Crippen molar-refractivity contribution in [1.82, 2.24) is 15.1 Å². The molecule has 1 unspecified atom stereocenters. The van der Waals surface area contributed by atoms with Crippen molar-refractivity contribution in [3.63, 3.8) is 0 Å². The van der Waals surface area contributed by atoms with Gasteiger partial charge in [0.15, 0.2) is 0 Å². The molecule has 1 aliphatic rings. The number of ether oxygens (including phenoxy) is 1. The Morgan fingerprint density at radius 3 is 2.57 bits per heavy atom. The van der Waals surface area contributed by atoms with Gasteiger partial charge in [0.25, 0.3) is 0 Å². The van der Waals surface area contributed by atoms with Crippen LogP contribution in [0, 0.1) is 0 Å². The van der Waals surface area contributed by atoms with Crippen LogP contribution in [0.15, 0.2) is 48.5 Å². The lowest BCUT2D eigenvalue weighted by atomic mass is 10.1. The van der Waals surface area contributed by atoms with Crippen molar-refractivity contribution in [2.45, 2.75) is 12.5 Å². The molecule has 6 nitrogen and oxygen atoms in total. The fourth-order valence-corrected chi connectivity index (χ4v) is 3.78. The van der Waals surface area contributed by atoms with E-state index in [1.165, 1.54) is 0 Å². The quantitative estimate of drug-likeness (QED) is 0.639. The van der Waals surface area contributed by atoms with Gasteiger partial charge < -0.3 is 20.3 Å². The molecule has 7 heteroatoms. The molecule has 0 aliphatic carbocycles. The predicted octanol–water partition coefficient (Wildman–Crippen LogP) is 3.26. The van der Waals surface area contributed by atoms with Crippen LogP contribution < -0.4 is 15.4 Å². The summed E-state index contributed by atoms with van der Waals surface area (Å²) in [5.74, 6) is 0.725. The van der Waals surface area contributed by atoms with Crippen LogP contribution >= 0.6 is 11.6 Å². The molecule has 1 fully saturated rings. The normalized spacial score (nSPS) is 16.1. The second-order valence-electron chi connectivity index (χ2n) is 7.66. The number of methoxy groups -OCH3 is 1. The van der Waals surface area contributed by atoms with E-state index in [0.29, 0.717) is 23.7 Å². The third kappa shape index (κ3) is 6.62. The Balaban J connectivity index is 1.56. The topological polar surface area (TPSA) is 56.8 Å². The van der Waals surface area contributed by atoms with Crippen molar-refractivity contribution in [2.24, 2.45) is 0 Å². The number of halogens is 1. The molecule has 1 atom stereocenters.